The lowest BCUT2D eigenvalue weighted by atomic mass is 10.0. The number of pyridine rings is 1. The van der Waals surface area contributed by atoms with Gasteiger partial charge in [0.1, 0.15) is 0 Å². The maximum Gasteiger partial charge on any atom is 0.0598 e. The van der Waals surface area contributed by atoms with Crippen LogP contribution in [0.5, 0.6) is 0 Å². The Bertz CT molecular complexity index is 309. The summed E-state index contributed by atoms with van der Waals surface area (Å²) in [6.07, 6.45) is 3.68. The first-order chi connectivity index (χ1) is 7.07. The molecule has 0 aliphatic heterocycles. The summed E-state index contributed by atoms with van der Waals surface area (Å²) in [4.78, 5) is 6.41. The first kappa shape index (κ1) is 12.0. The second-order valence-electron chi connectivity index (χ2n) is 4.30. The van der Waals surface area contributed by atoms with Crippen LogP contribution in [0.1, 0.15) is 26.3 Å². The quantitative estimate of drug-likeness (QED) is 0.821. The van der Waals surface area contributed by atoms with Gasteiger partial charge in [-0.25, -0.2) is 0 Å². The molecule has 3 nitrogen and oxygen atoms in total. The number of hydrogen-bond acceptors (Lipinski definition) is 3. The van der Waals surface area contributed by atoms with Crippen LogP contribution in [0.25, 0.3) is 0 Å². The molecule has 15 heavy (non-hydrogen) atoms. The lowest BCUT2D eigenvalue weighted by Crippen LogP contribution is -2.34. The lowest BCUT2D eigenvalue weighted by molar-refractivity contribution is 0.504. The van der Waals surface area contributed by atoms with Crippen molar-refractivity contribution in [3.05, 3.63) is 24.0 Å². The molecular formula is C12H21N3. The molecule has 1 aromatic rings. The van der Waals surface area contributed by atoms with Crippen molar-refractivity contribution in [1.29, 1.82) is 0 Å². The molecule has 0 radical (unpaired) electrons. The summed E-state index contributed by atoms with van der Waals surface area (Å²) in [7, 11) is 2.10. The number of anilines is 1. The Morgan fingerprint density at radius 3 is 2.60 bits per heavy atom. The van der Waals surface area contributed by atoms with Crippen molar-refractivity contribution < 1.29 is 0 Å². The van der Waals surface area contributed by atoms with E-state index in [0.717, 1.165) is 11.3 Å². The maximum atomic E-state index is 5.71. The summed E-state index contributed by atoms with van der Waals surface area (Å²) in [6, 6.07) is 2.47. The summed E-state index contributed by atoms with van der Waals surface area (Å²) in [5.41, 5.74) is 8.00. The highest BCUT2D eigenvalue weighted by Crippen LogP contribution is 2.21. The summed E-state index contributed by atoms with van der Waals surface area (Å²) < 4.78 is 0. The second kappa shape index (κ2) is 5.12. The van der Waals surface area contributed by atoms with Crippen LogP contribution in [0.2, 0.25) is 0 Å². The van der Waals surface area contributed by atoms with Gasteiger partial charge in [0.25, 0.3) is 0 Å². The molecule has 0 bridgehead atoms. The molecule has 0 saturated heterocycles. The third kappa shape index (κ3) is 2.69. The number of rotatable bonds is 4. The molecule has 0 saturated carbocycles. The fourth-order valence-corrected chi connectivity index (χ4v) is 1.57. The zero-order chi connectivity index (χ0) is 11.4. The van der Waals surface area contributed by atoms with Crippen molar-refractivity contribution in [2.75, 3.05) is 11.9 Å². The van der Waals surface area contributed by atoms with Gasteiger partial charge in [-0.05, 0) is 24.5 Å². The Kier molecular flexibility index (Phi) is 4.09. The van der Waals surface area contributed by atoms with Gasteiger partial charge in [-0.2, -0.15) is 0 Å². The molecule has 1 unspecified atom stereocenters. The minimum absolute atomic E-state index is 0.486. The first-order valence-electron chi connectivity index (χ1n) is 5.43. The molecule has 1 atom stereocenters. The van der Waals surface area contributed by atoms with Crippen molar-refractivity contribution in [3.8, 4) is 0 Å². The van der Waals surface area contributed by atoms with Crippen LogP contribution in [0.15, 0.2) is 18.5 Å². The van der Waals surface area contributed by atoms with E-state index in [0.29, 0.717) is 18.5 Å². The molecule has 0 aliphatic carbocycles. The Morgan fingerprint density at radius 2 is 2.07 bits per heavy atom. The topological polar surface area (TPSA) is 42.2 Å². The highest BCUT2D eigenvalue weighted by molar-refractivity contribution is 5.51. The van der Waals surface area contributed by atoms with E-state index in [1.807, 2.05) is 12.3 Å². The molecule has 0 aliphatic rings. The average Bonchev–Trinajstić information content (AvgIpc) is 2.26. The Hall–Kier alpha value is -1.09. The van der Waals surface area contributed by atoms with Gasteiger partial charge in [-0.15, -0.1) is 0 Å². The fraction of sp³-hybridized carbons (Fsp3) is 0.583. The van der Waals surface area contributed by atoms with Gasteiger partial charge in [-0.3, -0.25) is 4.98 Å². The van der Waals surface area contributed by atoms with E-state index in [1.165, 1.54) is 0 Å². The van der Waals surface area contributed by atoms with Crippen molar-refractivity contribution in [2.24, 2.45) is 11.7 Å². The zero-order valence-electron chi connectivity index (χ0n) is 10.1. The third-order valence-corrected chi connectivity index (χ3v) is 3.06. The molecular weight excluding hydrogens is 186 g/mol. The van der Waals surface area contributed by atoms with E-state index in [2.05, 4.69) is 37.7 Å². The number of nitrogens with two attached hydrogens (primary N) is 1. The van der Waals surface area contributed by atoms with Gasteiger partial charge < -0.3 is 10.6 Å². The van der Waals surface area contributed by atoms with Crippen LogP contribution in [0.4, 0.5) is 5.69 Å². The fourth-order valence-electron chi connectivity index (χ4n) is 1.57. The third-order valence-electron chi connectivity index (χ3n) is 3.06. The molecule has 1 rings (SSSR count). The SMILES string of the molecule is CC(C)C(C)N(C)c1cnccc1CN. The molecule has 84 valence electrons. The van der Waals surface area contributed by atoms with E-state index in [9.17, 15) is 0 Å². The smallest absolute Gasteiger partial charge is 0.0598 e. The highest BCUT2D eigenvalue weighted by atomic mass is 15.1. The van der Waals surface area contributed by atoms with E-state index in [1.54, 1.807) is 6.20 Å². The van der Waals surface area contributed by atoms with Gasteiger partial charge in [0, 0.05) is 25.8 Å². The summed E-state index contributed by atoms with van der Waals surface area (Å²) in [5, 5.41) is 0. The normalized spacial score (nSPS) is 12.9. The van der Waals surface area contributed by atoms with Crippen LogP contribution in [0, 0.1) is 5.92 Å². The van der Waals surface area contributed by atoms with Crippen molar-refractivity contribution in [2.45, 2.75) is 33.4 Å². The zero-order valence-corrected chi connectivity index (χ0v) is 10.1. The van der Waals surface area contributed by atoms with Crippen LogP contribution in [0.3, 0.4) is 0 Å². The monoisotopic (exact) mass is 207 g/mol. The van der Waals surface area contributed by atoms with E-state index in [4.69, 9.17) is 5.73 Å². The van der Waals surface area contributed by atoms with Gasteiger partial charge in [-0.1, -0.05) is 13.8 Å². The second-order valence-corrected chi connectivity index (χ2v) is 4.30. The number of nitrogens with zero attached hydrogens (tertiary/aromatic N) is 2. The molecule has 0 amide bonds. The van der Waals surface area contributed by atoms with Crippen molar-refractivity contribution in [3.63, 3.8) is 0 Å². The van der Waals surface area contributed by atoms with Gasteiger partial charge in [0.2, 0.25) is 0 Å². The lowest BCUT2D eigenvalue weighted by Gasteiger charge is -2.31. The molecule has 0 fully saturated rings. The van der Waals surface area contributed by atoms with Crippen LogP contribution < -0.4 is 10.6 Å². The van der Waals surface area contributed by atoms with Gasteiger partial charge in [0.05, 0.1) is 11.9 Å². The van der Waals surface area contributed by atoms with Crippen molar-refractivity contribution in [1.82, 2.24) is 4.98 Å². The van der Waals surface area contributed by atoms with Crippen LogP contribution in [-0.2, 0) is 6.54 Å². The largest absolute Gasteiger partial charge is 0.370 e. The van der Waals surface area contributed by atoms with Gasteiger partial charge >= 0.3 is 0 Å². The average molecular weight is 207 g/mol. The van der Waals surface area contributed by atoms with E-state index in [-0.39, 0.29) is 0 Å². The minimum atomic E-state index is 0.486. The molecule has 0 spiro atoms. The van der Waals surface area contributed by atoms with Crippen LogP contribution in [-0.4, -0.2) is 18.1 Å². The minimum Gasteiger partial charge on any atom is -0.370 e. The Balaban J connectivity index is 2.94. The first-order valence-corrected chi connectivity index (χ1v) is 5.43. The van der Waals surface area contributed by atoms with Crippen LogP contribution >= 0.6 is 0 Å². The van der Waals surface area contributed by atoms with E-state index < -0.39 is 0 Å². The standard InChI is InChI=1S/C12H21N3/c1-9(2)10(3)15(4)12-8-14-6-5-11(12)7-13/h5-6,8-10H,7,13H2,1-4H3. The maximum absolute atomic E-state index is 5.71. The molecule has 1 aromatic heterocycles. The summed E-state index contributed by atoms with van der Waals surface area (Å²) >= 11 is 0. The Labute approximate surface area is 92.3 Å². The molecule has 1 heterocycles. The summed E-state index contributed by atoms with van der Waals surface area (Å²) in [5.74, 6) is 0.612. The van der Waals surface area contributed by atoms with E-state index >= 15 is 0 Å². The summed E-state index contributed by atoms with van der Waals surface area (Å²) in [6.45, 7) is 7.23. The highest BCUT2D eigenvalue weighted by Gasteiger charge is 2.15. The number of aromatic nitrogens is 1. The van der Waals surface area contributed by atoms with Gasteiger partial charge in [0.15, 0.2) is 0 Å². The van der Waals surface area contributed by atoms with Crippen molar-refractivity contribution >= 4 is 5.69 Å². The predicted octanol–water partition coefficient (Wildman–Crippen LogP) is 2.02. The predicted molar refractivity (Wildman–Crippen MR) is 64.8 cm³/mol. The number of hydrogen-bond donors (Lipinski definition) is 1. The molecule has 3 heteroatoms. The Morgan fingerprint density at radius 1 is 1.40 bits per heavy atom. The molecule has 0 aromatic carbocycles. The molecule has 2 N–H and O–H groups in total.